The van der Waals surface area contributed by atoms with Crippen molar-refractivity contribution in [2.75, 3.05) is 25.0 Å². The zero-order valence-electron chi connectivity index (χ0n) is 16.6. The van der Waals surface area contributed by atoms with E-state index in [2.05, 4.69) is 65.3 Å². The smallest absolute Gasteiger partial charge is 0.319 e. The Bertz CT molecular complexity index is 711. The van der Waals surface area contributed by atoms with Gasteiger partial charge in [0.25, 0.3) is 0 Å². The van der Waals surface area contributed by atoms with E-state index >= 15 is 0 Å². The largest absolute Gasteiger partial charge is 0.338 e. The number of nitrogens with zero attached hydrogens (tertiary/aromatic N) is 1. The molecule has 0 unspecified atom stereocenters. The highest BCUT2D eigenvalue weighted by Gasteiger charge is 2.20. The quantitative estimate of drug-likeness (QED) is 0.754. The number of nitrogens with one attached hydrogen (secondary N) is 2. The minimum Gasteiger partial charge on any atom is -0.338 e. The van der Waals surface area contributed by atoms with Crippen molar-refractivity contribution in [3.05, 3.63) is 52.2 Å². The molecule has 1 fully saturated rings. The van der Waals surface area contributed by atoms with Crippen molar-refractivity contribution in [2.24, 2.45) is 5.92 Å². The van der Waals surface area contributed by atoms with E-state index in [-0.39, 0.29) is 11.4 Å². The van der Waals surface area contributed by atoms with E-state index in [0.717, 1.165) is 44.7 Å². The molecule has 2 N–H and O–H groups in total. The van der Waals surface area contributed by atoms with Gasteiger partial charge in [-0.3, -0.25) is 4.90 Å². The van der Waals surface area contributed by atoms with Crippen LogP contribution in [0.1, 0.15) is 44.7 Å². The second-order valence-electron chi connectivity index (χ2n) is 8.51. The van der Waals surface area contributed by atoms with Gasteiger partial charge in [0.15, 0.2) is 0 Å². The van der Waals surface area contributed by atoms with Crippen LogP contribution in [0.5, 0.6) is 0 Å². The molecule has 2 heterocycles. The van der Waals surface area contributed by atoms with Crippen LogP contribution >= 0.6 is 11.3 Å². The summed E-state index contributed by atoms with van der Waals surface area (Å²) in [6.45, 7) is 10.6. The predicted octanol–water partition coefficient (Wildman–Crippen LogP) is 5.08. The number of likely N-dealkylation sites (tertiary alicyclic amines) is 1. The third-order valence-electron chi connectivity index (χ3n) is 5.25. The van der Waals surface area contributed by atoms with E-state index in [9.17, 15) is 4.79 Å². The summed E-state index contributed by atoms with van der Waals surface area (Å²) in [5.74, 6) is 0.567. The molecule has 1 saturated heterocycles. The van der Waals surface area contributed by atoms with Crippen LogP contribution in [-0.2, 0) is 12.0 Å². The van der Waals surface area contributed by atoms with Gasteiger partial charge in [-0.1, -0.05) is 32.9 Å². The molecular weight excluding hydrogens is 354 g/mol. The number of carbonyl (C=O) groups is 1. The van der Waals surface area contributed by atoms with Crippen molar-refractivity contribution in [3.63, 3.8) is 0 Å². The lowest BCUT2D eigenvalue weighted by atomic mass is 9.87. The summed E-state index contributed by atoms with van der Waals surface area (Å²) in [5.41, 5.74) is 3.64. The van der Waals surface area contributed by atoms with Crippen LogP contribution in [0.25, 0.3) is 0 Å². The van der Waals surface area contributed by atoms with E-state index in [1.165, 1.54) is 11.1 Å². The van der Waals surface area contributed by atoms with E-state index in [0.29, 0.717) is 5.92 Å². The van der Waals surface area contributed by atoms with Crippen molar-refractivity contribution in [2.45, 2.75) is 45.6 Å². The Labute approximate surface area is 167 Å². The van der Waals surface area contributed by atoms with Gasteiger partial charge in [-0.25, -0.2) is 4.79 Å². The van der Waals surface area contributed by atoms with Gasteiger partial charge in [0, 0.05) is 18.8 Å². The van der Waals surface area contributed by atoms with Gasteiger partial charge in [0.2, 0.25) is 0 Å². The average molecular weight is 386 g/mol. The summed E-state index contributed by atoms with van der Waals surface area (Å²) in [6, 6.07) is 10.2. The maximum atomic E-state index is 12.2. The number of carbonyl (C=O) groups excluding carboxylic acids is 1. The van der Waals surface area contributed by atoms with E-state index < -0.39 is 0 Å². The fourth-order valence-electron chi connectivity index (χ4n) is 3.46. The molecule has 27 heavy (non-hydrogen) atoms. The van der Waals surface area contributed by atoms with Crippen LogP contribution in [-0.4, -0.2) is 30.6 Å². The van der Waals surface area contributed by atoms with Gasteiger partial charge < -0.3 is 10.6 Å². The molecule has 1 aromatic carbocycles. The van der Waals surface area contributed by atoms with Crippen molar-refractivity contribution in [1.82, 2.24) is 10.2 Å². The lowest BCUT2D eigenvalue weighted by Gasteiger charge is -2.31. The van der Waals surface area contributed by atoms with Crippen LogP contribution < -0.4 is 10.6 Å². The number of rotatable bonds is 5. The molecule has 0 bridgehead atoms. The molecule has 146 valence electrons. The zero-order valence-corrected chi connectivity index (χ0v) is 17.4. The third kappa shape index (κ3) is 6.08. The SMILES string of the molecule is CC(C)(C)c1ccc(NC(=O)NCC2CCN(Cc3ccsc3)CC2)cc1. The lowest BCUT2D eigenvalue weighted by Crippen LogP contribution is -2.39. The first kappa shape index (κ1) is 19.9. The summed E-state index contributed by atoms with van der Waals surface area (Å²) >= 11 is 1.76. The summed E-state index contributed by atoms with van der Waals surface area (Å²) in [5, 5.41) is 10.3. The number of benzene rings is 1. The summed E-state index contributed by atoms with van der Waals surface area (Å²) < 4.78 is 0. The van der Waals surface area contributed by atoms with E-state index in [1.54, 1.807) is 11.3 Å². The fourth-order valence-corrected chi connectivity index (χ4v) is 4.12. The first-order valence-corrected chi connectivity index (χ1v) is 10.7. The van der Waals surface area contributed by atoms with Crippen LogP contribution in [0.3, 0.4) is 0 Å². The predicted molar refractivity (Wildman–Crippen MR) is 114 cm³/mol. The Morgan fingerprint density at radius 1 is 1.15 bits per heavy atom. The maximum Gasteiger partial charge on any atom is 0.319 e. The molecule has 2 amide bonds. The summed E-state index contributed by atoms with van der Waals surface area (Å²) in [7, 11) is 0. The third-order valence-corrected chi connectivity index (χ3v) is 5.99. The lowest BCUT2D eigenvalue weighted by molar-refractivity contribution is 0.176. The highest BCUT2D eigenvalue weighted by Crippen LogP contribution is 2.23. The highest BCUT2D eigenvalue weighted by atomic mass is 32.1. The Morgan fingerprint density at radius 2 is 1.85 bits per heavy atom. The molecule has 2 aromatic rings. The fraction of sp³-hybridized carbons (Fsp3) is 0.500. The molecule has 1 aromatic heterocycles. The second-order valence-corrected chi connectivity index (χ2v) is 9.29. The number of hydrogen-bond acceptors (Lipinski definition) is 3. The van der Waals surface area contributed by atoms with Crippen molar-refractivity contribution >= 4 is 23.1 Å². The van der Waals surface area contributed by atoms with Gasteiger partial charge in [-0.15, -0.1) is 0 Å². The van der Waals surface area contributed by atoms with Gasteiger partial charge in [0.05, 0.1) is 0 Å². The molecule has 0 aliphatic carbocycles. The number of piperidine rings is 1. The molecule has 4 nitrogen and oxygen atoms in total. The maximum absolute atomic E-state index is 12.2. The Kier molecular flexibility index (Phi) is 6.55. The molecular formula is C22H31N3OS. The minimum absolute atomic E-state index is 0.112. The topological polar surface area (TPSA) is 44.4 Å². The summed E-state index contributed by atoms with van der Waals surface area (Å²) in [6.07, 6.45) is 2.29. The van der Waals surface area contributed by atoms with Crippen LogP contribution in [0.2, 0.25) is 0 Å². The zero-order chi connectivity index (χ0) is 19.3. The Balaban J connectivity index is 1.37. The molecule has 0 saturated carbocycles. The molecule has 3 rings (SSSR count). The number of urea groups is 1. The van der Waals surface area contributed by atoms with Gasteiger partial charge in [-0.2, -0.15) is 11.3 Å². The average Bonchev–Trinajstić information content (AvgIpc) is 3.14. The monoisotopic (exact) mass is 385 g/mol. The number of amides is 2. The second kappa shape index (κ2) is 8.89. The van der Waals surface area contributed by atoms with Crippen LogP contribution in [0, 0.1) is 5.92 Å². The van der Waals surface area contributed by atoms with Gasteiger partial charge in [-0.05, 0) is 77.4 Å². The molecule has 5 heteroatoms. The molecule has 1 aliphatic heterocycles. The normalized spacial score (nSPS) is 16.3. The molecule has 0 atom stereocenters. The first-order valence-electron chi connectivity index (χ1n) is 9.79. The number of thiophene rings is 1. The van der Waals surface area contributed by atoms with Gasteiger partial charge >= 0.3 is 6.03 Å². The first-order chi connectivity index (χ1) is 12.9. The number of hydrogen-bond donors (Lipinski definition) is 2. The number of anilines is 1. The minimum atomic E-state index is -0.112. The standard InChI is InChI=1S/C22H31N3OS/c1-22(2,3)19-4-6-20(7-5-19)24-21(26)23-14-17-8-11-25(12-9-17)15-18-10-13-27-16-18/h4-7,10,13,16-17H,8-9,11-12,14-15H2,1-3H3,(H2,23,24,26). The van der Waals surface area contributed by atoms with Crippen molar-refractivity contribution in [3.8, 4) is 0 Å². The summed E-state index contributed by atoms with van der Waals surface area (Å²) in [4.78, 5) is 14.7. The van der Waals surface area contributed by atoms with Crippen LogP contribution in [0.15, 0.2) is 41.1 Å². The molecule has 0 spiro atoms. The molecule has 0 radical (unpaired) electrons. The van der Waals surface area contributed by atoms with Crippen molar-refractivity contribution < 1.29 is 4.79 Å². The Hall–Kier alpha value is -1.85. The van der Waals surface area contributed by atoms with Crippen LogP contribution in [0.4, 0.5) is 10.5 Å². The highest BCUT2D eigenvalue weighted by molar-refractivity contribution is 7.07. The Morgan fingerprint density at radius 3 is 2.44 bits per heavy atom. The van der Waals surface area contributed by atoms with E-state index in [1.807, 2.05) is 12.1 Å². The van der Waals surface area contributed by atoms with Gasteiger partial charge in [0.1, 0.15) is 0 Å². The molecule has 1 aliphatic rings. The van der Waals surface area contributed by atoms with Crippen molar-refractivity contribution in [1.29, 1.82) is 0 Å². The van der Waals surface area contributed by atoms with E-state index in [4.69, 9.17) is 0 Å².